The van der Waals surface area contributed by atoms with Crippen molar-refractivity contribution in [1.29, 1.82) is 0 Å². The van der Waals surface area contributed by atoms with Gasteiger partial charge in [-0.05, 0) is 37.4 Å². The number of rotatable bonds is 6. The van der Waals surface area contributed by atoms with Gasteiger partial charge in [0.05, 0.1) is 36.3 Å². The number of carbonyl (C=O) groups is 2. The molecule has 4 rings (SSSR count). The highest BCUT2D eigenvalue weighted by Crippen LogP contribution is 2.39. The summed E-state index contributed by atoms with van der Waals surface area (Å²) in [5.74, 6) is 0.257. The van der Waals surface area contributed by atoms with Crippen LogP contribution >= 0.6 is 0 Å². The Labute approximate surface area is 197 Å². The van der Waals surface area contributed by atoms with Crippen molar-refractivity contribution < 1.29 is 14.3 Å². The molecule has 0 saturated carbocycles. The number of hydrogen-bond donors (Lipinski definition) is 3. The molecule has 3 aromatic rings. The Morgan fingerprint density at radius 1 is 1.26 bits per heavy atom. The van der Waals surface area contributed by atoms with Crippen molar-refractivity contribution in [1.82, 2.24) is 15.3 Å². The van der Waals surface area contributed by atoms with Crippen molar-refractivity contribution >= 4 is 52.7 Å². The molecule has 1 saturated heterocycles. The van der Waals surface area contributed by atoms with Gasteiger partial charge < -0.3 is 25.3 Å². The number of likely N-dealkylation sites (N-methyl/N-ethyl adjacent to an activating group) is 1. The first-order valence-corrected chi connectivity index (χ1v) is 11.0. The first-order chi connectivity index (χ1) is 16.4. The molecule has 34 heavy (non-hydrogen) atoms. The van der Waals surface area contributed by atoms with Gasteiger partial charge in [-0.3, -0.25) is 14.6 Å². The molecular formula is C25H28N6O3. The van der Waals surface area contributed by atoms with E-state index in [1.807, 2.05) is 18.3 Å². The molecular weight excluding hydrogens is 432 g/mol. The molecule has 0 unspecified atom stereocenters. The number of anilines is 2. The Kier molecular flexibility index (Phi) is 6.74. The van der Waals surface area contributed by atoms with E-state index < -0.39 is 0 Å². The second kappa shape index (κ2) is 9.88. The van der Waals surface area contributed by atoms with E-state index in [0.29, 0.717) is 43.4 Å². The van der Waals surface area contributed by atoms with Gasteiger partial charge in [-0.15, -0.1) is 0 Å². The minimum atomic E-state index is -0.167. The number of ether oxygens (including phenoxy) is 1. The first kappa shape index (κ1) is 23.2. The fourth-order valence-electron chi connectivity index (χ4n) is 4.17. The highest BCUT2D eigenvalue weighted by Gasteiger charge is 2.21. The molecule has 176 valence electrons. The van der Waals surface area contributed by atoms with Crippen molar-refractivity contribution in [3.63, 3.8) is 0 Å². The highest BCUT2D eigenvalue weighted by atomic mass is 16.5. The van der Waals surface area contributed by atoms with Crippen LogP contribution in [0.3, 0.4) is 0 Å². The molecule has 3 heterocycles. The average Bonchev–Trinajstić information content (AvgIpc) is 3.25. The maximum Gasteiger partial charge on any atom is 0.246 e. The van der Waals surface area contributed by atoms with Crippen LogP contribution in [0, 0.1) is 0 Å². The van der Waals surface area contributed by atoms with Crippen LogP contribution in [0.4, 0.5) is 17.2 Å². The van der Waals surface area contributed by atoms with Crippen molar-refractivity contribution in [2.45, 2.75) is 13.8 Å². The van der Waals surface area contributed by atoms with E-state index >= 15 is 0 Å². The predicted octanol–water partition coefficient (Wildman–Crippen LogP) is 3.51. The Balaban J connectivity index is 1.90. The lowest BCUT2D eigenvalue weighted by molar-refractivity contribution is -0.117. The number of morpholine rings is 1. The lowest BCUT2D eigenvalue weighted by atomic mass is 9.99. The monoisotopic (exact) mass is 460 g/mol. The van der Waals surface area contributed by atoms with E-state index in [1.165, 1.54) is 6.92 Å². The van der Waals surface area contributed by atoms with Gasteiger partial charge >= 0.3 is 0 Å². The summed E-state index contributed by atoms with van der Waals surface area (Å²) in [7, 11) is 1.60. The van der Waals surface area contributed by atoms with E-state index in [9.17, 15) is 9.59 Å². The number of pyridine rings is 1. The van der Waals surface area contributed by atoms with Gasteiger partial charge in [0.25, 0.3) is 0 Å². The number of aromatic amines is 1. The second-order valence-corrected chi connectivity index (χ2v) is 8.06. The minimum absolute atomic E-state index is 0.156. The van der Waals surface area contributed by atoms with Crippen LogP contribution in [0.2, 0.25) is 0 Å². The van der Waals surface area contributed by atoms with Crippen molar-refractivity contribution in [2.24, 2.45) is 4.99 Å². The summed E-state index contributed by atoms with van der Waals surface area (Å²) in [6.45, 7) is 9.55. The molecule has 9 nitrogen and oxygen atoms in total. The number of aliphatic imine (C=N–C) groups is 1. The SMILES string of the molecule is C=Nc1[nH]cc(-c2ccc3ncc(NC(C)=O)c(N4CCOCC4)c3c2)c1/C=C(\C)C(=O)NC. The van der Waals surface area contributed by atoms with Crippen LogP contribution in [-0.4, -0.2) is 61.9 Å². The second-order valence-electron chi connectivity index (χ2n) is 8.06. The van der Waals surface area contributed by atoms with E-state index in [-0.39, 0.29) is 11.8 Å². The maximum absolute atomic E-state index is 12.1. The van der Waals surface area contributed by atoms with Crippen LogP contribution in [-0.2, 0) is 14.3 Å². The third-order valence-corrected chi connectivity index (χ3v) is 5.79. The van der Waals surface area contributed by atoms with Crippen molar-refractivity contribution in [3.8, 4) is 11.1 Å². The zero-order valence-corrected chi connectivity index (χ0v) is 19.6. The molecule has 1 aliphatic heterocycles. The molecule has 0 radical (unpaired) electrons. The Bertz CT molecular complexity index is 1290. The number of fused-ring (bicyclic) bond motifs is 1. The topological polar surface area (TPSA) is 112 Å². The van der Waals surface area contributed by atoms with Gasteiger partial charge in [-0.2, -0.15) is 0 Å². The standard InChI is InChI=1S/C25H28N6O3/c1-15(25(33)27-4)11-18-20(13-29-24(18)26-3)17-5-6-21-19(12-17)23(31-7-9-34-10-8-31)22(14-28-21)30-16(2)32/h5-6,11-14,29H,3,7-10H2,1-2,4H3,(H,27,33)(H,30,32)/b15-11+. The summed E-state index contributed by atoms with van der Waals surface area (Å²) in [5.41, 5.74) is 5.53. The Morgan fingerprint density at radius 2 is 2.03 bits per heavy atom. The summed E-state index contributed by atoms with van der Waals surface area (Å²) in [6, 6.07) is 6.00. The Hall–Kier alpha value is -3.98. The normalized spacial score (nSPS) is 14.2. The summed E-state index contributed by atoms with van der Waals surface area (Å²) in [6.07, 6.45) is 5.35. The lowest BCUT2D eigenvalue weighted by Crippen LogP contribution is -2.37. The summed E-state index contributed by atoms with van der Waals surface area (Å²) >= 11 is 0. The summed E-state index contributed by atoms with van der Waals surface area (Å²) in [4.78, 5) is 38.0. The van der Waals surface area contributed by atoms with Gasteiger partial charge in [-0.25, -0.2) is 4.99 Å². The quantitative estimate of drug-likeness (QED) is 0.385. The van der Waals surface area contributed by atoms with E-state index in [1.54, 1.807) is 26.2 Å². The van der Waals surface area contributed by atoms with Gasteiger partial charge in [-0.1, -0.05) is 6.07 Å². The predicted molar refractivity (Wildman–Crippen MR) is 136 cm³/mol. The molecule has 0 aliphatic carbocycles. The van der Waals surface area contributed by atoms with Gasteiger partial charge in [0, 0.05) is 55.3 Å². The van der Waals surface area contributed by atoms with Crippen LogP contribution in [0.15, 0.2) is 41.2 Å². The third-order valence-electron chi connectivity index (χ3n) is 5.79. The molecule has 2 amide bonds. The average molecular weight is 461 g/mol. The molecule has 0 bridgehead atoms. The fraction of sp³-hybridized carbons (Fsp3) is 0.280. The molecule has 1 aromatic carbocycles. The summed E-state index contributed by atoms with van der Waals surface area (Å²) in [5, 5.41) is 6.48. The molecule has 1 aliphatic rings. The van der Waals surface area contributed by atoms with Crippen molar-refractivity contribution in [3.05, 3.63) is 41.7 Å². The number of nitrogens with zero attached hydrogens (tertiary/aromatic N) is 3. The number of benzene rings is 1. The lowest BCUT2D eigenvalue weighted by Gasteiger charge is -2.31. The van der Waals surface area contributed by atoms with E-state index in [4.69, 9.17) is 4.74 Å². The molecule has 3 N–H and O–H groups in total. The molecule has 9 heteroatoms. The first-order valence-electron chi connectivity index (χ1n) is 11.0. The van der Waals surface area contributed by atoms with Crippen LogP contribution in [0.5, 0.6) is 0 Å². The van der Waals surface area contributed by atoms with Gasteiger partial charge in [0.15, 0.2) is 0 Å². The minimum Gasteiger partial charge on any atom is -0.378 e. The van der Waals surface area contributed by atoms with Gasteiger partial charge in [0.1, 0.15) is 5.82 Å². The zero-order valence-electron chi connectivity index (χ0n) is 19.6. The van der Waals surface area contributed by atoms with Crippen LogP contribution in [0.25, 0.3) is 28.1 Å². The third kappa shape index (κ3) is 4.55. The van der Waals surface area contributed by atoms with Crippen LogP contribution < -0.4 is 15.5 Å². The molecule has 0 spiro atoms. The molecule has 2 aromatic heterocycles. The largest absolute Gasteiger partial charge is 0.378 e. The Morgan fingerprint density at radius 3 is 2.71 bits per heavy atom. The molecule has 0 atom stereocenters. The number of amides is 2. The number of nitrogens with one attached hydrogen (secondary N) is 3. The van der Waals surface area contributed by atoms with Crippen LogP contribution in [0.1, 0.15) is 19.4 Å². The number of H-pyrrole nitrogens is 1. The zero-order chi connectivity index (χ0) is 24.2. The maximum atomic E-state index is 12.1. The number of aromatic nitrogens is 2. The summed E-state index contributed by atoms with van der Waals surface area (Å²) < 4.78 is 5.54. The number of carbonyl (C=O) groups excluding carboxylic acids is 2. The highest BCUT2D eigenvalue weighted by molar-refractivity contribution is 6.05. The van der Waals surface area contributed by atoms with Gasteiger partial charge in [0.2, 0.25) is 11.8 Å². The number of hydrogen-bond acceptors (Lipinski definition) is 6. The smallest absolute Gasteiger partial charge is 0.246 e. The van der Waals surface area contributed by atoms with E-state index in [0.717, 1.165) is 33.3 Å². The fourth-order valence-corrected chi connectivity index (χ4v) is 4.17. The van der Waals surface area contributed by atoms with E-state index in [2.05, 4.69) is 43.3 Å². The van der Waals surface area contributed by atoms with Crippen molar-refractivity contribution in [2.75, 3.05) is 43.6 Å². The molecule has 1 fully saturated rings.